The molecule has 0 aromatic carbocycles. The fourth-order valence-corrected chi connectivity index (χ4v) is 4.00. The number of hydrogen-bond donors (Lipinski definition) is 1. The number of sulfonamides is 1. The number of imidazole rings is 1. The molecule has 1 aliphatic heterocycles. The topological polar surface area (TPSA) is 76.9 Å². The molecule has 0 fully saturated rings. The van der Waals surface area contributed by atoms with Crippen molar-refractivity contribution < 1.29 is 8.42 Å². The molecule has 2 aromatic heterocycles. The molecule has 2 aromatic rings. The van der Waals surface area contributed by atoms with Crippen LogP contribution in [-0.2, 0) is 16.4 Å². The number of hydrogen-bond acceptors (Lipinski definition) is 5. The maximum Gasteiger partial charge on any atom is 0.282 e. The van der Waals surface area contributed by atoms with Gasteiger partial charge in [-0.2, -0.15) is 8.42 Å². The Hall–Kier alpha value is -1.41. The normalized spacial score (nSPS) is 19.1. The number of thiazole rings is 1. The Balaban J connectivity index is 1.93. The molecule has 8 heteroatoms. The predicted octanol–water partition coefficient (Wildman–Crippen LogP) is 2.04. The van der Waals surface area contributed by atoms with Crippen molar-refractivity contribution >= 4 is 26.5 Å². The molecule has 0 spiro atoms. The number of nitrogens with one attached hydrogen (secondary N) is 1. The minimum atomic E-state index is -3.63. The van der Waals surface area contributed by atoms with Gasteiger partial charge in [0.2, 0.25) is 0 Å². The number of aromatic nitrogens is 3. The quantitative estimate of drug-likeness (QED) is 0.940. The molecule has 1 aliphatic rings. The van der Waals surface area contributed by atoms with Crippen LogP contribution in [0, 0.1) is 0 Å². The van der Waals surface area contributed by atoms with Gasteiger partial charge >= 0.3 is 0 Å². The van der Waals surface area contributed by atoms with E-state index in [1.54, 1.807) is 17.8 Å². The molecule has 0 aliphatic carbocycles. The first kappa shape index (κ1) is 12.6. The zero-order chi connectivity index (χ0) is 13.5. The van der Waals surface area contributed by atoms with Crippen molar-refractivity contribution in [1.29, 1.82) is 0 Å². The van der Waals surface area contributed by atoms with E-state index in [2.05, 4.69) is 21.6 Å². The lowest BCUT2D eigenvalue weighted by Gasteiger charge is -2.20. The van der Waals surface area contributed by atoms with Crippen molar-refractivity contribution in [2.45, 2.75) is 37.3 Å². The van der Waals surface area contributed by atoms with Crippen LogP contribution in [0.2, 0.25) is 0 Å². The van der Waals surface area contributed by atoms with Gasteiger partial charge in [-0.25, -0.2) is 9.97 Å². The van der Waals surface area contributed by atoms with E-state index in [1.807, 2.05) is 4.57 Å². The molecule has 0 radical (unpaired) electrons. The summed E-state index contributed by atoms with van der Waals surface area (Å²) in [6.45, 7) is 2.08. The molecule has 1 atom stereocenters. The van der Waals surface area contributed by atoms with E-state index in [1.165, 1.54) is 11.3 Å². The monoisotopic (exact) mass is 298 g/mol. The molecule has 0 saturated heterocycles. The third-order valence-corrected chi connectivity index (χ3v) is 5.24. The Kier molecular flexibility index (Phi) is 3.06. The molecular weight excluding hydrogens is 284 g/mol. The third kappa shape index (κ3) is 2.37. The molecule has 3 heterocycles. The summed E-state index contributed by atoms with van der Waals surface area (Å²) < 4.78 is 28.8. The summed E-state index contributed by atoms with van der Waals surface area (Å²) in [4.78, 5) is 8.16. The van der Waals surface area contributed by atoms with Gasteiger partial charge in [0.1, 0.15) is 5.82 Å². The summed E-state index contributed by atoms with van der Waals surface area (Å²) in [7, 11) is -3.63. The number of fused-ring (bicyclic) bond motifs is 1. The van der Waals surface area contributed by atoms with Crippen molar-refractivity contribution in [3.8, 4) is 0 Å². The van der Waals surface area contributed by atoms with Crippen LogP contribution in [0.25, 0.3) is 0 Å². The molecule has 0 amide bonds. The summed E-state index contributed by atoms with van der Waals surface area (Å²) in [6.07, 6.45) is 6.12. The Morgan fingerprint density at radius 1 is 1.53 bits per heavy atom. The SMILES string of the molecule is CC1CCCc2nc(S(=O)(=O)Nc3nccs3)cn21. The highest BCUT2D eigenvalue weighted by Crippen LogP contribution is 2.26. The van der Waals surface area contributed by atoms with Crippen LogP contribution in [0.1, 0.15) is 31.6 Å². The number of aryl methyl sites for hydroxylation is 1. The molecule has 1 N–H and O–H groups in total. The maximum absolute atomic E-state index is 12.2. The summed E-state index contributed by atoms with van der Waals surface area (Å²) in [5, 5.41) is 2.16. The number of anilines is 1. The molecule has 3 rings (SSSR count). The van der Waals surface area contributed by atoms with Crippen molar-refractivity contribution in [2.24, 2.45) is 0 Å². The van der Waals surface area contributed by atoms with Crippen molar-refractivity contribution in [1.82, 2.24) is 14.5 Å². The predicted molar refractivity (Wildman–Crippen MR) is 72.8 cm³/mol. The molecule has 19 heavy (non-hydrogen) atoms. The second-order valence-electron chi connectivity index (χ2n) is 4.59. The van der Waals surface area contributed by atoms with E-state index in [9.17, 15) is 8.42 Å². The van der Waals surface area contributed by atoms with Crippen LogP contribution < -0.4 is 4.72 Å². The van der Waals surface area contributed by atoms with E-state index in [0.717, 1.165) is 25.1 Å². The van der Waals surface area contributed by atoms with Gasteiger partial charge in [-0.05, 0) is 19.8 Å². The van der Waals surface area contributed by atoms with Gasteiger partial charge in [0.25, 0.3) is 10.0 Å². The van der Waals surface area contributed by atoms with Crippen LogP contribution in [-0.4, -0.2) is 23.0 Å². The number of rotatable bonds is 3. The fraction of sp³-hybridized carbons (Fsp3) is 0.455. The van der Waals surface area contributed by atoms with Crippen LogP contribution >= 0.6 is 11.3 Å². The largest absolute Gasteiger partial charge is 0.331 e. The lowest BCUT2D eigenvalue weighted by atomic mass is 10.1. The first-order valence-corrected chi connectivity index (χ1v) is 8.42. The van der Waals surface area contributed by atoms with Crippen LogP contribution in [0.15, 0.2) is 22.8 Å². The Morgan fingerprint density at radius 3 is 3.05 bits per heavy atom. The molecule has 0 saturated carbocycles. The minimum absolute atomic E-state index is 0.0754. The second-order valence-corrected chi connectivity index (χ2v) is 7.11. The lowest BCUT2D eigenvalue weighted by molar-refractivity contribution is 0.425. The molecule has 6 nitrogen and oxygen atoms in total. The molecule has 102 valence electrons. The van der Waals surface area contributed by atoms with E-state index >= 15 is 0 Å². The minimum Gasteiger partial charge on any atom is -0.331 e. The van der Waals surface area contributed by atoms with Crippen LogP contribution in [0.4, 0.5) is 5.13 Å². The van der Waals surface area contributed by atoms with Crippen molar-refractivity contribution in [3.05, 3.63) is 23.6 Å². The van der Waals surface area contributed by atoms with Gasteiger partial charge in [-0.15, -0.1) is 11.3 Å². The van der Waals surface area contributed by atoms with Gasteiger partial charge in [0, 0.05) is 30.2 Å². The first-order chi connectivity index (χ1) is 9.06. The van der Waals surface area contributed by atoms with Gasteiger partial charge in [0.15, 0.2) is 10.2 Å². The van der Waals surface area contributed by atoms with E-state index in [4.69, 9.17) is 0 Å². The van der Waals surface area contributed by atoms with Crippen LogP contribution in [0.5, 0.6) is 0 Å². The van der Waals surface area contributed by atoms with Gasteiger partial charge in [-0.3, -0.25) is 4.72 Å². The first-order valence-electron chi connectivity index (χ1n) is 6.06. The Labute approximate surface area is 115 Å². The van der Waals surface area contributed by atoms with Gasteiger partial charge < -0.3 is 4.57 Å². The molecule has 0 bridgehead atoms. The van der Waals surface area contributed by atoms with E-state index in [0.29, 0.717) is 11.2 Å². The van der Waals surface area contributed by atoms with Crippen molar-refractivity contribution in [3.63, 3.8) is 0 Å². The Morgan fingerprint density at radius 2 is 2.37 bits per heavy atom. The molecular formula is C11H14N4O2S2. The Bertz CT molecular complexity index is 676. The fourth-order valence-electron chi connectivity index (χ4n) is 2.24. The highest BCUT2D eigenvalue weighted by Gasteiger charge is 2.25. The lowest BCUT2D eigenvalue weighted by Crippen LogP contribution is -2.14. The zero-order valence-electron chi connectivity index (χ0n) is 10.4. The summed E-state index contributed by atoms with van der Waals surface area (Å²) in [5.41, 5.74) is 0. The van der Waals surface area contributed by atoms with Gasteiger partial charge in [0.05, 0.1) is 0 Å². The van der Waals surface area contributed by atoms with Gasteiger partial charge in [-0.1, -0.05) is 0 Å². The zero-order valence-corrected chi connectivity index (χ0v) is 12.0. The summed E-state index contributed by atoms with van der Waals surface area (Å²) in [6, 6.07) is 0.306. The number of nitrogens with zero attached hydrogens (tertiary/aromatic N) is 3. The highest BCUT2D eigenvalue weighted by molar-refractivity contribution is 7.92. The molecule has 1 unspecified atom stereocenters. The summed E-state index contributed by atoms with van der Waals surface area (Å²) in [5.74, 6) is 0.846. The average Bonchev–Trinajstić information content (AvgIpc) is 2.97. The van der Waals surface area contributed by atoms with E-state index in [-0.39, 0.29) is 5.03 Å². The van der Waals surface area contributed by atoms with Crippen LogP contribution in [0.3, 0.4) is 0 Å². The second kappa shape index (κ2) is 4.61. The average molecular weight is 298 g/mol. The summed E-state index contributed by atoms with van der Waals surface area (Å²) >= 11 is 1.24. The standard InChI is InChI=1S/C11H14N4O2S2/c1-8-3-2-4-9-13-10(7-15(8)9)19(16,17)14-11-12-5-6-18-11/h5-8H,2-4H2,1H3,(H,12,14). The highest BCUT2D eigenvalue weighted by atomic mass is 32.2. The smallest absolute Gasteiger partial charge is 0.282 e. The third-order valence-electron chi connectivity index (χ3n) is 3.21. The van der Waals surface area contributed by atoms with E-state index < -0.39 is 10.0 Å². The maximum atomic E-state index is 12.2. The van der Waals surface area contributed by atoms with Crippen molar-refractivity contribution in [2.75, 3.05) is 4.72 Å².